The third-order valence-corrected chi connectivity index (χ3v) is 5.34. The Bertz CT molecular complexity index is 1220. The number of piperidine rings is 1. The SMILES string of the molecule is CC(C)Oc1cncc(-n2cc(-c3cncc(O[C@@H]4CCCNC4)n3)c3ccccc32)n1. The van der Waals surface area contributed by atoms with Crippen LogP contribution in [0.5, 0.6) is 11.8 Å². The van der Waals surface area contributed by atoms with Crippen molar-refractivity contribution >= 4 is 10.9 Å². The van der Waals surface area contributed by atoms with E-state index in [9.17, 15) is 0 Å². The van der Waals surface area contributed by atoms with Crippen LogP contribution < -0.4 is 14.8 Å². The second-order valence-electron chi connectivity index (χ2n) is 8.14. The smallest absolute Gasteiger partial charge is 0.234 e. The molecule has 0 saturated carbocycles. The van der Waals surface area contributed by atoms with E-state index >= 15 is 0 Å². The molecule has 5 rings (SSSR count). The highest BCUT2D eigenvalue weighted by Crippen LogP contribution is 2.32. The monoisotopic (exact) mass is 430 g/mol. The maximum absolute atomic E-state index is 6.09. The minimum Gasteiger partial charge on any atom is -0.474 e. The van der Waals surface area contributed by atoms with Gasteiger partial charge in [-0.25, -0.2) is 4.98 Å². The maximum atomic E-state index is 6.09. The first-order chi connectivity index (χ1) is 15.7. The van der Waals surface area contributed by atoms with Crippen molar-refractivity contribution in [1.29, 1.82) is 0 Å². The summed E-state index contributed by atoms with van der Waals surface area (Å²) in [4.78, 5) is 18.1. The van der Waals surface area contributed by atoms with Gasteiger partial charge in [-0.2, -0.15) is 4.98 Å². The molecule has 1 fully saturated rings. The summed E-state index contributed by atoms with van der Waals surface area (Å²) >= 11 is 0. The van der Waals surface area contributed by atoms with Crippen LogP contribution in [-0.4, -0.2) is 49.8 Å². The molecule has 1 N–H and O–H groups in total. The van der Waals surface area contributed by atoms with Gasteiger partial charge in [0.25, 0.3) is 0 Å². The molecule has 1 atom stereocenters. The van der Waals surface area contributed by atoms with Crippen LogP contribution >= 0.6 is 0 Å². The number of hydrogen-bond donors (Lipinski definition) is 1. The predicted molar refractivity (Wildman–Crippen MR) is 122 cm³/mol. The average molecular weight is 431 g/mol. The van der Waals surface area contributed by atoms with E-state index in [1.165, 1.54) is 0 Å². The highest BCUT2D eigenvalue weighted by atomic mass is 16.5. The van der Waals surface area contributed by atoms with Crippen molar-refractivity contribution < 1.29 is 9.47 Å². The standard InChI is InChI=1S/C24H26N6O2/c1-16(2)31-24-14-27-12-22(29-24)30-15-19(18-7-3-4-8-21(18)30)20-11-26-13-23(28-20)32-17-6-5-9-25-10-17/h3-4,7-8,11-17,25H,5-6,9-10H2,1-2H3/t17-/m1/s1. The normalized spacial score (nSPS) is 16.4. The molecule has 8 heteroatoms. The summed E-state index contributed by atoms with van der Waals surface area (Å²) in [5, 5.41) is 4.41. The average Bonchev–Trinajstić information content (AvgIpc) is 3.20. The van der Waals surface area contributed by atoms with Gasteiger partial charge in [-0.05, 0) is 39.3 Å². The van der Waals surface area contributed by atoms with Crippen LogP contribution in [0.4, 0.5) is 0 Å². The molecule has 0 amide bonds. The minimum absolute atomic E-state index is 0.0221. The van der Waals surface area contributed by atoms with Crippen LogP contribution in [0.2, 0.25) is 0 Å². The van der Waals surface area contributed by atoms with Crippen molar-refractivity contribution in [1.82, 2.24) is 29.8 Å². The summed E-state index contributed by atoms with van der Waals surface area (Å²) in [6, 6.07) is 8.15. The van der Waals surface area contributed by atoms with Crippen LogP contribution in [0.15, 0.2) is 55.2 Å². The molecule has 4 heterocycles. The first kappa shape index (κ1) is 20.4. The zero-order valence-electron chi connectivity index (χ0n) is 18.2. The molecule has 1 saturated heterocycles. The van der Waals surface area contributed by atoms with E-state index in [1.54, 1.807) is 24.8 Å². The van der Waals surface area contributed by atoms with Crippen LogP contribution in [0.3, 0.4) is 0 Å². The quantitative estimate of drug-likeness (QED) is 0.498. The molecule has 164 valence electrons. The molecule has 0 bridgehead atoms. The molecule has 0 spiro atoms. The third-order valence-electron chi connectivity index (χ3n) is 5.34. The van der Waals surface area contributed by atoms with Gasteiger partial charge in [-0.3, -0.25) is 14.5 Å². The summed E-state index contributed by atoms with van der Waals surface area (Å²) in [7, 11) is 0. The second-order valence-corrected chi connectivity index (χ2v) is 8.14. The van der Waals surface area contributed by atoms with Crippen LogP contribution in [-0.2, 0) is 0 Å². The minimum atomic E-state index is 0.0221. The molecule has 0 radical (unpaired) electrons. The van der Waals surface area contributed by atoms with Crippen molar-refractivity contribution in [3.8, 4) is 28.8 Å². The van der Waals surface area contributed by atoms with Gasteiger partial charge in [0.05, 0.1) is 42.1 Å². The van der Waals surface area contributed by atoms with Gasteiger partial charge < -0.3 is 14.8 Å². The lowest BCUT2D eigenvalue weighted by Crippen LogP contribution is -2.37. The molecule has 1 aromatic carbocycles. The Morgan fingerprint density at radius 1 is 1.03 bits per heavy atom. The summed E-state index contributed by atoms with van der Waals surface area (Å²) < 4.78 is 13.8. The van der Waals surface area contributed by atoms with Gasteiger partial charge in [-0.15, -0.1) is 0 Å². The topological polar surface area (TPSA) is 87.0 Å². The molecule has 0 unspecified atom stereocenters. The van der Waals surface area contributed by atoms with Gasteiger partial charge in [0.15, 0.2) is 5.82 Å². The van der Waals surface area contributed by atoms with Gasteiger partial charge in [0, 0.05) is 23.7 Å². The van der Waals surface area contributed by atoms with E-state index in [0.717, 1.165) is 48.1 Å². The number of aromatic nitrogens is 5. The molecule has 3 aromatic heterocycles. The Morgan fingerprint density at radius 2 is 1.88 bits per heavy atom. The summed E-state index contributed by atoms with van der Waals surface area (Å²) in [5.41, 5.74) is 2.71. The third kappa shape index (κ3) is 4.27. The van der Waals surface area contributed by atoms with E-state index in [0.29, 0.717) is 17.6 Å². The van der Waals surface area contributed by atoms with E-state index in [2.05, 4.69) is 32.4 Å². The van der Waals surface area contributed by atoms with Crippen molar-refractivity contribution in [3.63, 3.8) is 0 Å². The fourth-order valence-corrected chi connectivity index (χ4v) is 3.95. The Labute approximate surface area is 186 Å². The summed E-state index contributed by atoms with van der Waals surface area (Å²) in [6.07, 6.45) is 11.1. The summed E-state index contributed by atoms with van der Waals surface area (Å²) in [6.45, 7) is 5.80. The molecule has 1 aliphatic rings. The first-order valence-electron chi connectivity index (χ1n) is 11.0. The first-order valence-corrected chi connectivity index (χ1v) is 11.0. The van der Waals surface area contributed by atoms with Crippen LogP contribution in [0, 0.1) is 0 Å². The lowest BCUT2D eigenvalue weighted by Gasteiger charge is -2.23. The van der Waals surface area contributed by atoms with E-state index < -0.39 is 0 Å². The summed E-state index contributed by atoms with van der Waals surface area (Å²) in [5.74, 6) is 1.72. The van der Waals surface area contributed by atoms with Gasteiger partial charge in [0.2, 0.25) is 11.8 Å². The van der Waals surface area contributed by atoms with Gasteiger partial charge in [0.1, 0.15) is 6.10 Å². The molecule has 32 heavy (non-hydrogen) atoms. The highest BCUT2D eigenvalue weighted by Gasteiger charge is 2.18. The lowest BCUT2D eigenvalue weighted by atomic mass is 10.1. The molecule has 8 nitrogen and oxygen atoms in total. The number of nitrogens with one attached hydrogen (secondary N) is 1. The molecule has 0 aliphatic carbocycles. The second kappa shape index (κ2) is 8.92. The van der Waals surface area contributed by atoms with Crippen LogP contribution in [0.25, 0.3) is 28.0 Å². The van der Waals surface area contributed by atoms with Crippen molar-refractivity contribution in [2.24, 2.45) is 0 Å². The lowest BCUT2D eigenvalue weighted by molar-refractivity contribution is 0.160. The van der Waals surface area contributed by atoms with Gasteiger partial charge >= 0.3 is 0 Å². The number of rotatable bonds is 6. The Balaban J connectivity index is 1.53. The number of hydrogen-bond acceptors (Lipinski definition) is 7. The van der Waals surface area contributed by atoms with E-state index in [-0.39, 0.29) is 12.2 Å². The molecular formula is C24H26N6O2. The number of nitrogens with zero attached hydrogens (tertiary/aromatic N) is 5. The number of fused-ring (bicyclic) bond motifs is 1. The Morgan fingerprint density at radius 3 is 2.72 bits per heavy atom. The fraction of sp³-hybridized carbons (Fsp3) is 0.333. The number of para-hydroxylation sites is 1. The van der Waals surface area contributed by atoms with Crippen molar-refractivity contribution in [3.05, 3.63) is 55.2 Å². The maximum Gasteiger partial charge on any atom is 0.234 e. The molecular weight excluding hydrogens is 404 g/mol. The predicted octanol–water partition coefficient (Wildman–Crippen LogP) is 3.80. The van der Waals surface area contributed by atoms with Crippen LogP contribution in [0.1, 0.15) is 26.7 Å². The molecule has 1 aliphatic heterocycles. The zero-order valence-corrected chi connectivity index (χ0v) is 18.2. The Kier molecular flexibility index (Phi) is 5.68. The number of ether oxygens (including phenoxy) is 2. The van der Waals surface area contributed by atoms with Crippen molar-refractivity contribution in [2.45, 2.75) is 38.9 Å². The largest absolute Gasteiger partial charge is 0.474 e. The molecule has 4 aromatic rings. The Hall–Kier alpha value is -3.52. The fourth-order valence-electron chi connectivity index (χ4n) is 3.95. The number of benzene rings is 1. The highest BCUT2D eigenvalue weighted by molar-refractivity contribution is 5.96. The zero-order chi connectivity index (χ0) is 21.9. The van der Waals surface area contributed by atoms with Crippen molar-refractivity contribution in [2.75, 3.05) is 13.1 Å². The van der Waals surface area contributed by atoms with Gasteiger partial charge in [-0.1, -0.05) is 18.2 Å². The van der Waals surface area contributed by atoms with E-state index in [1.807, 2.05) is 36.7 Å². The van der Waals surface area contributed by atoms with E-state index in [4.69, 9.17) is 14.5 Å².